The predicted octanol–water partition coefficient (Wildman–Crippen LogP) is 2.41. The summed E-state index contributed by atoms with van der Waals surface area (Å²) in [5.41, 5.74) is 9.07. The molecule has 2 rings (SSSR count). The van der Waals surface area contributed by atoms with Crippen molar-refractivity contribution in [2.45, 2.75) is 12.7 Å². The fourth-order valence-electron chi connectivity index (χ4n) is 2.09. The van der Waals surface area contributed by atoms with Gasteiger partial charge in [0.05, 0.1) is 35.2 Å². The normalized spacial score (nSPS) is 15.7. The van der Waals surface area contributed by atoms with Gasteiger partial charge in [-0.2, -0.15) is 0 Å². The molecule has 6 heteroatoms. The van der Waals surface area contributed by atoms with E-state index in [9.17, 15) is 0 Å². The first kappa shape index (κ1) is 14.3. The van der Waals surface area contributed by atoms with E-state index >= 15 is 0 Å². The maximum atomic E-state index is 6.18. The second-order valence-corrected chi connectivity index (χ2v) is 4.55. The van der Waals surface area contributed by atoms with Crippen molar-refractivity contribution in [2.24, 2.45) is 0 Å². The molecule has 0 amide bonds. The first-order valence-corrected chi connectivity index (χ1v) is 6.33. The molecule has 104 valence electrons. The first-order valence-electron chi connectivity index (χ1n) is 5.95. The van der Waals surface area contributed by atoms with E-state index in [1.165, 1.54) is 14.2 Å². The molecule has 0 spiro atoms. The Bertz CT molecular complexity index is 487. The van der Waals surface area contributed by atoms with Crippen LogP contribution in [0.3, 0.4) is 0 Å². The lowest BCUT2D eigenvalue weighted by molar-refractivity contribution is -0.105. The van der Waals surface area contributed by atoms with Crippen LogP contribution in [-0.2, 0) is 14.2 Å². The molecule has 0 radical (unpaired) electrons. The highest BCUT2D eigenvalue weighted by Gasteiger charge is 2.22. The Labute approximate surface area is 117 Å². The number of aromatic nitrogens is 1. The van der Waals surface area contributed by atoms with E-state index in [1.807, 2.05) is 6.08 Å². The van der Waals surface area contributed by atoms with Gasteiger partial charge in [-0.1, -0.05) is 17.7 Å². The van der Waals surface area contributed by atoms with E-state index in [0.717, 1.165) is 17.7 Å². The van der Waals surface area contributed by atoms with Crippen molar-refractivity contribution in [3.63, 3.8) is 0 Å². The molecule has 1 aliphatic rings. The molecule has 0 atom stereocenters. The third kappa shape index (κ3) is 2.90. The van der Waals surface area contributed by atoms with Gasteiger partial charge in [0.25, 0.3) is 0 Å². The van der Waals surface area contributed by atoms with Gasteiger partial charge in [-0.15, -0.1) is 0 Å². The molecule has 0 saturated heterocycles. The minimum atomic E-state index is -0.602. The molecule has 2 N–H and O–H groups in total. The third-order valence-electron chi connectivity index (χ3n) is 3.04. The SMILES string of the molecule is COC(OC)c1c(Cl)cnc(C2=CCOCC2)c1N. The zero-order valence-corrected chi connectivity index (χ0v) is 11.7. The minimum Gasteiger partial charge on any atom is -0.397 e. The Morgan fingerprint density at radius 1 is 1.42 bits per heavy atom. The average molecular weight is 285 g/mol. The smallest absolute Gasteiger partial charge is 0.186 e. The lowest BCUT2D eigenvalue weighted by atomic mass is 10.0. The molecular weight excluding hydrogens is 268 g/mol. The molecule has 0 aliphatic carbocycles. The van der Waals surface area contributed by atoms with Crippen molar-refractivity contribution in [3.05, 3.63) is 28.6 Å². The number of nitrogens with zero attached hydrogens (tertiary/aromatic N) is 1. The maximum Gasteiger partial charge on any atom is 0.186 e. The Kier molecular flexibility index (Phi) is 4.76. The lowest BCUT2D eigenvalue weighted by Crippen LogP contribution is -2.12. The summed E-state index contributed by atoms with van der Waals surface area (Å²) in [6, 6.07) is 0. The van der Waals surface area contributed by atoms with Crippen molar-refractivity contribution >= 4 is 22.9 Å². The summed E-state index contributed by atoms with van der Waals surface area (Å²) in [5, 5.41) is 0.433. The number of rotatable bonds is 4. The largest absolute Gasteiger partial charge is 0.397 e. The number of nitrogen functional groups attached to an aromatic ring is 1. The fourth-order valence-corrected chi connectivity index (χ4v) is 2.33. The van der Waals surface area contributed by atoms with E-state index in [2.05, 4.69) is 4.98 Å². The molecule has 0 fully saturated rings. The third-order valence-corrected chi connectivity index (χ3v) is 3.34. The van der Waals surface area contributed by atoms with Crippen molar-refractivity contribution in [3.8, 4) is 0 Å². The van der Waals surface area contributed by atoms with Crippen molar-refractivity contribution < 1.29 is 14.2 Å². The van der Waals surface area contributed by atoms with Gasteiger partial charge >= 0.3 is 0 Å². The second-order valence-electron chi connectivity index (χ2n) is 4.14. The fraction of sp³-hybridized carbons (Fsp3) is 0.462. The van der Waals surface area contributed by atoms with E-state index in [-0.39, 0.29) is 0 Å². The van der Waals surface area contributed by atoms with Crippen LogP contribution in [0.1, 0.15) is 24.0 Å². The average Bonchev–Trinajstić information content (AvgIpc) is 2.44. The standard InChI is InChI=1S/C13H17ClN2O3/c1-17-13(18-2)10-9(14)7-16-12(11(10)15)8-3-5-19-6-4-8/h3,7,13H,4-6,15H2,1-2H3. The number of anilines is 1. The number of hydrogen-bond donors (Lipinski definition) is 1. The quantitative estimate of drug-likeness (QED) is 0.860. The van der Waals surface area contributed by atoms with E-state index in [1.54, 1.807) is 6.20 Å². The van der Waals surface area contributed by atoms with Crippen LogP contribution in [0.25, 0.3) is 5.57 Å². The minimum absolute atomic E-state index is 0.433. The Morgan fingerprint density at radius 3 is 2.74 bits per heavy atom. The maximum absolute atomic E-state index is 6.18. The molecule has 0 saturated carbocycles. The van der Waals surface area contributed by atoms with Crippen LogP contribution >= 0.6 is 11.6 Å². The molecule has 0 unspecified atom stereocenters. The predicted molar refractivity (Wildman–Crippen MR) is 73.8 cm³/mol. The summed E-state index contributed by atoms with van der Waals surface area (Å²) in [6.07, 6.45) is 3.73. The zero-order valence-electron chi connectivity index (χ0n) is 11.0. The summed E-state index contributed by atoms with van der Waals surface area (Å²) in [5.74, 6) is 0. The Hall–Kier alpha value is -1.14. The summed E-state index contributed by atoms with van der Waals surface area (Å²) in [4.78, 5) is 4.32. The summed E-state index contributed by atoms with van der Waals surface area (Å²) in [7, 11) is 3.08. The lowest BCUT2D eigenvalue weighted by Gasteiger charge is -2.21. The molecule has 1 aliphatic heterocycles. The van der Waals surface area contributed by atoms with Gasteiger partial charge in [0, 0.05) is 20.4 Å². The summed E-state index contributed by atoms with van der Waals surface area (Å²) < 4.78 is 15.7. The number of nitrogens with two attached hydrogens (primary N) is 1. The first-order chi connectivity index (χ1) is 9.19. The van der Waals surface area contributed by atoms with Crippen molar-refractivity contribution in [1.82, 2.24) is 4.98 Å². The summed E-state index contributed by atoms with van der Waals surface area (Å²) in [6.45, 7) is 1.25. The Morgan fingerprint density at radius 2 is 2.16 bits per heavy atom. The molecule has 0 bridgehead atoms. The molecular formula is C13H17ClN2O3. The van der Waals surface area contributed by atoms with Gasteiger partial charge < -0.3 is 19.9 Å². The van der Waals surface area contributed by atoms with Crippen molar-refractivity contribution in [2.75, 3.05) is 33.2 Å². The number of pyridine rings is 1. The topological polar surface area (TPSA) is 66.6 Å². The molecule has 1 aromatic rings. The number of ether oxygens (including phenoxy) is 3. The highest BCUT2D eigenvalue weighted by Crippen LogP contribution is 2.35. The highest BCUT2D eigenvalue weighted by molar-refractivity contribution is 6.31. The number of hydrogen-bond acceptors (Lipinski definition) is 5. The molecule has 2 heterocycles. The molecule has 19 heavy (non-hydrogen) atoms. The van der Waals surface area contributed by atoms with Gasteiger partial charge in [0.15, 0.2) is 6.29 Å². The van der Waals surface area contributed by atoms with Crippen LogP contribution in [0.4, 0.5) is 5.69 Å². The van der Waals surface area contributed by atoms with Crippen LogP contribution in [0.5, 0.6) is 0 Å². The second kappa shape index (κ2) is 6.34. The van der Waals surface area contributed by atoms with Crippen LogP contribution < -0.4 is 5.73 Å². The monoisotopic (exact) mass is 284 g/mol. The van der Waals surface area contributed by atoms with E-state index < -0.39 is 6.29 Å². The molecule has 0 aromatic carbocycles. The number of halogens is 1. The highest BCUT2D eigenvalue weighted by atomic mass is 35.5. The van der Waals surface area contributed by atoms with Crippen LogP contribution in [-0.4, -0.2) is 32.4 Å². The zero-order chi connectivity index (χ0) is 13.8. The van der Waals surface area contributed by atoms with Gasteiger partial charge in [0.2, 0.25) is 0 Å². The summed E-state index contributed by atoms with van der Waals surface area (Å²) >= 11 is 6.15. The Balaban J connectivity index is 2.47. The van der Waals surface area contributed by atoms with E-state index in [0.29, 0.717) is 29.5 Å². The van der Waals surface area contributed by atoms with Gasteiger partial charge in [-0.3, -0.25) is 4.98 Å². The van der Waals surface area contributed by atoms with Crippen LogP contribution in [0, 0.1) is 0 Å². The van der Waals surface area contributed by atoms with Gasteiger partial charge in [0.1, 0.15) is 0 Å². The van der Waals surface area contributed by atoms with Gasteiger partial charge in [-0.25, -0.2) is 0 Å². The molecule has 1 aromatic heterocycles. The van der Waals surface area contributed by atoms with Gasteiger partial charge in [-0.05, 0) is 12.0 Å². The molecule has 5 nitrogen and oxygen atoms in total. The van der Waals surface area contributed by atoms with Crippen LogP contribution in [0.2, 0.25) is 5.02 Å². The van der Waals surface area contributed by atoms with Crippen molar-refractivity contribution in [1.29, 1.82) is 0 Å². The van der Waals surface area contributed by atoms with E-state index in [4.69, 9.17) is 31.5 Å². The number of methoxy groups -OCH3 is 2. The van der Waals surface area contributed by atoms with Crippen LogP contribution in [0.15, 0.2) is 12.3 Å².